The summed E-state index contributed by atoms with van der Waals surface area (Å²) in [5.74, 6) is 0. The SMILES string of the molecule is COP(=O)(CCN(C)CCOP(O)N(C(C)C)C(C)C)OC. The van der Waals surface area contributed by atoms with Crippen molar-refractivity contribution < 1.29 is 23.0 Å². The first-order valence-corrected chi connectivity index (χ1v) is 10.4. The van der Waals surface area contributed by atoms with E-state index < -0.39 is 16.1 Å². The van der Waals surface area contributed by atoms with Gasteiger partial charge in [0, 0.05) is 39.4 Å². The second kappa shape index (κ2) is 11.1. The Balaban J connectivity index is 4.11. The van der Waals surface area contributed by atoms with E-state index in [0.717, 1.165) is 0 Å². The summed E-state index contributed by atoms with van der Waals surface area (Å²) in [4.78, 5) is 12.1. The maximum Gasteiger partial charge on any atom is 0.331 e. The Morgan fingerprint density at radius 3 is 2.00 bits per heavy atom. The van der Waals surface area contributed by atoms with Gasteiger partial charge in [-0.1, -0.05) is 0 Å². The molecule has 0 aliphatic heterocycles. The van der Waals surface area contributed by atoms with E-state index in [4.69, 9.17) is 13.6 Å². The summed E-state index contributed by atoms with van der Waals surface area (Å²) >= 11 is 0. The van der Waals surface area contributed by atoms with Crippen LogP contribution in [0.25, 0.3) is 0 Å². The molecular formula is C13H32N2O5P2. The molecule has 0 radical (unpaired) electrons. The lowest BCUT2D eigenvalue weighted by molar-refractivity contribution is 0.190. The van der Waals surface area contributed by atoms with E-state index in [1.807, 2.05) is 44.3 Å². The third kappa shape index (κ3) is 8.32. The van der Waals surface area contributed by atoms with Gasteiger partial charge in [0.25, 0.3) is 8.53 Å². The Bertz CT molecular complexity index is 328. The highest BCUT2D eigenvalue weighted by molar-refractivity contribution is 7.53. The first-order chi connectivity index (χ1) is 10.2. The van der Waals surface area contributed by atoms with Crippen molar-refractivity contribution in [1.29, 1.82) is 0 Å². The average Bonchev–Trinajstić information content (AvgIpc) is 2.44. The zero-order valence-electron chi connectivity index (χ0n) is 14.9. The van der Waals surface area contributed by atoms with Crippen LogP contribution in [0.2, 0.25) is 0 Å². The fourth-order valence-corrected chi connectivity index (χ4v) is 4.27. The topological polar surface area (TPSA) is 71.5 Å². The van der Waals surface area contributed by atoms with Crippen molar-refractivity contribution in [3.05, 3.63) is 0 Å². The van der Waals surface area contributed by atoms with E-state index in [1.165, 1.54) is 14.2 Å². The maximum absolute atomic E-state index is 11.9. The van der Waals surface area contributed by atoms with Crippen LogP contribution in [0.3, 0.4) is 0 Å². The normalized spacial score (nSPS) is 14.5. The molecule has 0 aliphatic carbocycles. The van der Waals surface area contributed by atoms with Crippen molar-refractivity contribution in [1.82, 2.24) is 9.57 Å². The molecule has 1 N–H and O–H groups in total. The summed E-state index contributed by atoms with van der Waals surface area (Å²) in [7, 11) is 0.126. The number of nitrogens with zero attached hydrogens (tertiary/aromatic N) is 2. The summed E-state index contributed by atoms with van der Waals surface area (Å²) in [6, 6.07) is 0.450. The van der Waals surface area contributed by atoms with E-state index in [0.29, 0.717) is 25.9 Å². The smallest absolute Gasteiger partial charge is 0.331 e. The molecule has 134 valence electrons. The molecular weight excluding hydrogens is 326 g/mol. The second-order valence-corrected chi connectivity index (χ2v) is 9.28. The highest BCUT2D eigenvalue weighted by atomic mass is 31.2. The third-order valence-corrected chi connectivity index (χ3v) is 6.84. The van der Waals surface area contributed by atoms with Crippen molar-refractivity contribution in [3.8, 4) is 0 Å². The Hall–Kier alpha value is 0.420. The van der Waals surface area contributed by atoms with Gasteiger partial charge in [0.15, 0.2) is 0 Å². The quantitative estimate of drug-likeness (QED) is 0.538. The molecule has 0 saturated heterocycles. The minimum Gasteiger partial charge on any atom is -0.338 e. The molecule has 0 heterocycles. The molecule has 1 atom stereocenters. The van der Waals surface area contributed by atoms with Gasteiger partial charge in [-0.05, 0) is 34.7 Å². The predicted molar refractivity (Wildman–Crippen MR) is 91.2 cm³/mol. The molecule has 9 heteroatoms. The summed E-state index contributed by atoms with van der Waals surface area (Å²) in [6.07, 6.45) is 0.328. The Labute approximate surface area is 136 Å². The summed E-state index contributed by atoms with van der Waals surface area (Å²) in [5.41, 5.74) is 0. The first kappa shape index (κ1) is 22.4. The Morgan fingerprint density at radius 1 is 1.09 bits per heavy atom. The minimum absolute atomic E-state index is 0.225. The van der Waals surface area contributed by atoms with Crippen LogP contribution in [0.1, 0.15) is 27.7 Å². The summed E-state index contributed by atoms with van der Waals surface area (Å²) in [6.45, 7) is 9.77. The Morgan fingerprint density at radius 2 is 1.59 bits per heavy atom. The van der Waals surface area contributed by atoms with Crippen LogP contribution in [-0.4, -0.2) is 73.7 Å². The van der Waals surface area contributed by atoms with Gasteiger partial charge in [-0.15, -0.1) is 0 Å². The highest BCUT2D eigenvalue weighted by Crippen LogP contribution is 2.45. The molecule has 0 aromatic rings. The Kier molecular flexibility index (Phi) is 11.3. The molecule has 0 aromatic carbocycles. The van der Waals surface area contributed by atoms with Gasteiger partial charge in [-0.25, -0.2) is 4.67 Å². The molecule has 0 aromatic heterocycles. The molecule has 0 amide bonds. The number of likely N-dealkylation sites (N-methyl/N-ethyl adjacent to an activating group) is 1. The predicted octanol–water partition coefficient (Wildman–Crippen LogP) is 2.76. The van der Waals surface area contributed by atoms with Crippen LogP contribution in [0.5, 0.6) is 0 Å². The molecule has 22 heavy (non-hydrogen) atoms. The van der Waals surface area contributed by atoms with Gasteiger partial charge in [-0.3, -0.25) is 4.57 Å². The zero-order valence-corrected chi connectivity index (χ0v) is 16.6. The summed E-state index contributed by atoms with van der Waals surface area (Å²) < 4.78 is 29.2. The van der Waals surface area contributed by atoms with Crippen LogP contribution in [0.4, 0.5) is 0 Å². The lowest BCUT2D eigenvalue weighted by Crippen LogP contribution is -2.33. The molecule has 0 bridgehead atoms. The van der Waals surface area contributed by atoms with Crippen LogP contribution in [-0.2, 0) is 18.1 Å². The van der Waals surface area contributed by atoms with Crippen molar-refractivity contribution in [2.24, 2.45) is 0 Å². The second-order valence-electron chi connectivity index (χ2n) is 5.66. The van der Waals surface area contributed by atoms with E-state index in [1.54, 1.807) is 0 Å². The zero-order chi connectivity index (χ0) is 17.3. The van der Waals surface area contributed by atoms with E-state index in [2.05, 4.69) is 0 Å². The van der Waals surface area contributed by atoms with Gasteiger partial charge in [0.1, 0.15) is 0 Å². The van der Waals surface area contributed by atoms with Crippen molar-refractivity contribution in [2.45, 2.75) is 39.8 Å². The maximum atomic E-state index is 11.9. The molecule has 7 nitrogen and oxygen atoms in total. The standard InChI is InChI=1S/C13H32N2O5P2/c1-12(2)15(13(3)4)21(16)20-10-8-14(5)9-11-22(17,18-6)19-7/h12-13,16H,8-11H2,1-7H3. The van der Waals surface area contributed by atoms with Gasteiger partial charge >= 0.3 is 7.60 Å². The van der Waals surface area contributed by atoms with Crippen LogP contribution >= 0.6 is 16.1 Å². The number of hydrogen-bond acceptors (Lipinski definition) is 7. The van der Waals surface area contributed by atoms with Crippen LogP contribution in [0, 0.1) is 0 Å². The molecule has 0 fully saturated rings. The monoisotopic (exact) mass is 358 g/mol. The largest absolute Gasteiger partial charge is 0.338 e. The van der Waals surface area contributed by atoms with Crippen molar-refractivity contribution in [3.63, 3.8) is 0 Å². The number of hydrogen-bond donors (Lipinski definition) is 1. The fraction of sp³-hybridized carbons (Fsp3) is 1.00. The van der Waals surface area contributed by atoms with Gasteiger partial charge in [0.2, 0.25) is 0 Å². The molecule has 0 spiro atoms. The molecule has 0 saturated carbocycles. The summed E-state index contributed by atoms with van der Waals surface area (Å²) in [5, 5.41) is 0. The first-order valence-electron chi connectivity index (χ1n) is 7.46. The van der Waals surface area contributed by atoms with E-state index in [9.17, 15) is 9.46 Å². The number of rotatable bonds is 12. The average molecular weight is 358 g/mol. The minimum atomic E-state index is -2.96. The fourth-order valence-electron chi connectivity index (χ4n) is 2.00. The van der Waals surface area contributed by atoms with E-state index in [-0.39, 0.29) is 12.1 Å². The van der Waals surface area contributed by atoms with Crippen molar-refractivity contribution in [2.75, 3.05) is 47.1 Å². The van der Waals surface area contributed by atoms with Gasteiger partial charge in [-0.2, -0.15) is 0 Å². The van der Waals surface area contributed by atoms with Crippen LogP contribution in [0.15, 0.2) is 0 Å². The lowest BCUT2D eigenvalue weighted by atomic mass is 10.3. The van der Waals surface area contributed by atoms with Gasteiger partial charge in [0.05, 0.1) is 12.8 Å². The molecule has 1 unspecified atom stereocenters. The van der Waals surface area contributed by atoms with Crippen LogP contribution < -0.4 is 0 Å². The lowest BCUT2D eigenvalue weighted by Gasteiger charge is -2.33. The van der Waals surface area contributed by atoms with E-state index >= 15 is 0 Å². The van der Waals surface area contributed by atoms with Gasteiger partial charge < -0.3 is 23.4 Å². The highest BCUT2D eigenvalue weighted by Gasteiger charge is 2.24. The molecule has 0 rings (SSSR count). The third-order valence-electron chi connectivity index (χ3n) is 3.25. The van der Waals surface area contributed by atoms with Crippen molar-refractivity contribution >= 4 is 16.1 Å². The molecule has 0 aliphatic rings.